The molecule has 0 aliphatic carbocycles. The van der Waals surface area contributed by atoms with Gasteiger partial charge >= 0.3 is 0 Å². The van der Waals surface area contributed by atoms with E-state index in [1.54, 1.807) is 4.68 Å². The SMILES string of the molecule is CC(C)N(CCC(=N)N)Cc1cn(C)nn1. The molecule has 0 fully saturated rings. The number of hydrogen-bond acceptors (Lipinski definition) is 4. The van der Waals surface area contributed by atoms with E-state index in [-0.39, 0.29) is 5.84 Å². The first-order valence-corrected chi connectivity index (χ1v) is 5.41. The van der Waals surface area contributed by atoms with E-state index in [0.29, 0.717) is 12.5 Å². The second-order valence-electron chi connectivity index (χ2n) is 4.22. The first-order valence-electron chi connectivity index (χ1n) is 5.41. The molecule has 6 heteroatoms. The van der Waals surface area contributed by atoms with Crippen LogP contribution in [-0.4, -0.2) is 38.3 Å². The zero-order valence-corrected chi connectivity index (χ0v) is 10.1. The van der Waals surface area contributed by atoms with E-state index in [4.69, 9.17) is 11.1 Å². The molecule has 1 aromatic heterocycles. The van der Waals surface area contributed by atoms with Crippen LogP contribution in [0, 0.1) is 5.41 Å². The molecule has 0 unspecified atom stereocenters. The molecule has 0 spiro atoms. The molecule has 0 amide bonds. The Labute approximate surface area is 95.9 Å². The molecule has 0 saturated heterocycles. The van der Waals surface area contributed by atoms with Crippen LogP contribution in [0.2, 0.25) is 0 Å². The summed E-state index contributed by atoms with van der Waals surface area (Å²) in [6.07, 6.45) is 2.50. The Bertz CT molecular complexity index is 343. The Morgan fingerprint density at radius 2 is 2.31 bits per heavy atom. The average Bonchev–Trinajstić information content (AvgIpc) is 2.57. The fourth-order valence-corrected chi connectivity index (χ4v) is 1.46. The average molecular weight is 224 g/mol. The Kier molecular flexibility index (Phi) is 4.42. The lowest BCUT2D eigenvalue weighted by molar-refractivity contribution is 0.216. The molecule has 0 saturated carbocycles. The minimum atomic E-state index is 0.227. The third-order valence-corrected chi connectivity index (χ3v) is 2.41. The zero-order valence-electron chi connectivity index (χ0n) is 10.1. The maximum absolute atomic E-state index is 7.23. The Balaban J connectivity index is 2.54. The van der Waals surface area contributed by atoms with Crippen molar-refractivity contribution in [3.63, 3.8) is 0 Å². The summed E-state index contributed by atoms with van der Waals surface area (Å²) in [4.78, 5) is 2.23. The second-order valence-corrected chi connectivity index (χ2v) is 4.22. The molecule has 1 aromatic rings. The topological polar surface area (TPSA) is 83.8 Å². The van der Waals surface area contributed by atoms with Crippen molar-refractivity contribution in [3.05, 3.63) is 11.9 Å². The molecule has 16 heavy (non-hydrogen) atoms. The van der Waals surface area contributed by atoms with Gasteiger partial charge in [0, 0.05) is 38.8 Å². The Morgan fingerprint density at radius 1 is 1.62 bits per heavy atom. The van der Waals surface area contributed by atoms with E-state index in [2.05, 4.69) is 29.1 Å². The third kappa shape index (κ3) is 3.98. The molecule has 0 aliphatic heterocycles. The summed E-state index contributed by atoms with van der Waals surface area (Å²) >= 11 is 0. The van der Waals surface area contributed by atoms with Gasteiger partial charge in [0.2, 0.25) is 0 Å². The van der Waals surface area contributed by atoms with Gasteiger partial charge < -0.3 is 5.73 Å². The lowest BCUT2D eigenvalue weighted by atomic mass is 10.2. The van der Waals surface area contributed by atoms with E-state index in [1.807, 2.05) is 13.2 Å². The van der Waals surface area contributed by atoms with Gasteiger partial charge in [-0.25, -0.2) is 0 Å². The van der Waals surface area contributed by atoms with Gasteiger partial charge in [0.05, 0.1) is 11.5 Å². The van der Waals surface area contributed by atoms with Crippen LogP contribution in [0.25, 0.3) is 0 Å². The lowest BCUT2D eigenvalue weighted by Gasteiger charge is -2.24. The zero-order chi connectivity index (χ0) is 12.1. The van der Waals surface area contributed by atoms with Crippen molar-refractivity contribution in [2.75, 3.05) is 6.54 Å². The van der Waals surface area contributed by atoms with Crippen LogP contribution in [-0.2, 0) is 13.6 Å². The number of nitrogens with zero attached hydrogens (tertiary/aromatic N) is 4. The molecule has 1 heterocycles. The molecule has 0 bridgehead atoms. The lowest BCUT2D eigenvalue weighted by Crippen LogP contribution is -2.33. The maximum atomic E-state index is 7.23. The predicted molar refractivity (Wildman–Crippen MR) is 63.1 cm³/mol. The Morgan fingerprint density at radius 3 is 2.75 bits per heavy atom. The van der Waals surface area contributed by atoms with Crippen molar-refractivity contribution in [1.29, 1.82) is 5.41 Å². The van der Waals surface area contributed by atoms with E-state index < -0.39 is 0 Å². The van der Waals surface area contributed by atoms with Crippen LogP contribution in [0.15, 0.2) is 6.20 Å². The van der Waals surface area contributed by atoms with Gasteiger partial charge in [0.25, 0.3) is 0 Å². The van der Waals surface area contributed by atoms with Gasteiger partial charge in [-0.2, -0.15) is 0 Å². The van der Waals surface area contributed by atoms with E-state index >= 15 is 0 Å². The van der Waals surface area contributed by atoms with Gasteiger partial charge in [0.1, 0.15) is 0 Å². The summed E-state index contributed by atoms with van der Waals surface area (Å²) in [5.74, 6) is 0.227. The minimum Gasteiger partial charge on any atom is -0.388 e. The van der Waals surface area contributed by atoms with Crippen LogP contribution in [0.5, 0.6) is 0 Å². The smallest absolute Gasteiger partial charge is 0.0967 e. The number of amidine groups is 1. The first-order chi connectivity index (χ1) is 7.49. The minimum absolute atomic E-state index is 0.227. The summed E-state index contributed by atoms with van der Waals surface area (Å²) in [6, 6.07) is 0.404. The number of aryl methyl sites for hydroxylation is 1. The van der Waals surface area contributed by atoms with Gasteiger partial charge in [0.15, 0.2) is 0 Å². The molecule has 1 rings (SSSR count). The molecule has 6 nitrogen and oxygen atoms in total. The quantitative estimate of drug-likeness (QED) is 0.539. The van der Waals surface area contributed by atoms with Crippen LogP contribution in [0.1, 0.15) is 26.0 Å². The Hall–Kier alpha value is -1.43. The van der Waals surface area contributed by atoms with Crippen LogP contribution >= 0.6 is 0 Å². The molecule has 0 atom stereocenters. The van der Waals surface area contributed by atoms with Crippen molar-refractivity contribution >= 4 is 5.84 Å². The molecular weight excluding hydrogens is 204 g/mol. The summed E-state index contributed by atoms with van der Waals surface area (Å²) < 4.78 is 1.69. The summed E-state index contributed by atoms with van der Waals surface area (Å²) in [7, 11) is 1.85. The normalized spacial score (nSPS) is 11.3. The van der Waals surface area contributed by atoms with Gasteiger partial charge in [-0.05, 0) is 13.8 Å². The highest BCUT2D eigenvalue weighted by molar-refractivity contribution is 5.76. The summed E-state index contributed by atoms with van der Waals surface area (Å²) in [5.41, 5.74) is 6.31. The highest BCUT2D eigenvalue weighted by Crippen LogP contribution is 2.05. The maximum Gasteiger partial charge on any atom is 0.0967 e. The van der Waals surface area contributed by atoms with Crippen LogP contribution in [0.4, 0.5) is 0 Å². The standard InChI is InChI=1S/C10H20N6/c1-8(2)16(5-4-10(11)12)7-9-6-15(3)14-13-9/h6,8H,4-5,7H2,1-3H3,(H3,11,12). The van der Waals surface area contributed by atoms with Crippen molar-refractivity contribution in [3.8, 4) is 0 Å². The number of hydrogen-bond donors (Lipinski definition) is 2. The number of rotatable bonds is 6. The monoisotopic (exact) mass is 224 g/mol. The first kappa shape index (κ1) is 12.6. The van der Waals surface area contributed by atoms with Gasteiger partial charge in [-0.3, -0.25) is 15.0 Å². The van der Waals surface area contributed by atoms with Crippen molar-refractivity contribution in [2.24, 2.45) is 12.8 Å². The number of nitrogens with two attached hydrogens (primary N) is 1. The van der Waals surface area contributed by atoms with Crippen molar-refractivity contribution in [1.82, 2.24) is 19.9 Å². The largest absolute Gasteiger partial charge is 0.388 e. The highest BCUT2D eigenvalue weighted by atomic mass is 15.4. The van der Waals surface area contributed by atoms with Crippen LogP contribution in [0.3, 0.4) is 0 Å². The van der Waals surface area contributed by atoms with Gasteiger partial charge in [-0.1, -0.05) is 5.21 Å². The van der Waals surface area contributed by atoms with E-state index in [9.17, 15) is 0 Å². The van der Waals surface area contributed by atoms with Crippen molar-refractivity contribution in [2.45, 2.75) is 32.9 Å². The number of aromatic nitrogens is 3. The molecule has 3 N–H and O–H groups in total. The van der Waals surface area contributed by atoms with Crippen LogP contribution < -0.4 is 5.73 Å². The second kappa shape index (κ2) is 5.60. The fraction of sp³-hybridized carbons (Fsp3) is 0.700. The van der Waals surface area contributed by atoms with Crippen molar-refractivity contribution < 1.29 is 0 Å². The number of nitrogens with one attached hydrogen (secondary N) is 1. The molecule has 90 valence electrons. The summed E-state index contributed by atoms with van der Waals surface area (Å²) in [5, 5.41) is 15.2. The molecular formula is C10H20N6. The molecule has 0 aromatic carbocycles. The van der Waals surface area contributed by atoms with Gasteiger partial charge in [-0.15, -0.1) is 5.10 Å². The van der Waals surface area contributed by atoms with E-state index in [1.165, 1.54) is 0 Å². The third-order valence-electron chi connectivity index (χ3n) is 2.41. The fourth-order valence-electron chi connectivity index (χ4n) is 1.46. The molecule has 0 aliphatic rings. The summed E-state index contributed by atoms with van der Waals surface area (Å²) in [6.45, 7) is 5.77. The molecule has 0 radical (unpaired) electrons. The highest BCUT2D eigenvalue weighted by Gasteiger charge is 2.12. The predicted octanol–water partition coefficient (Wildman–Crippen LogP) is 0.352. The van der Waals surface area contributed by atoms with E-state index in [0.717, 1.165) is 18.8 Å².